The summed E-state index contributed by atoms with van der Waals surface area (Å²) in [5, 5.41) is 7.45. The van der Waals surface area contributed by atoms with Gasteiger partial charge in [0.25, 0.3) is 5.91 Å². The van der Waals surface area contributed by atoms with E-state index in [9.17, 15) is 13.2 Å². The lowest BCUT2D eigenvalue weighted by Gasteiger charge is -2.23. The van der Waals surface area contributed by atoms with Crippen molar-refractivity contribution >= 4 is 68.0 Å². The third-order valence-electron chi connectivity index (χ3n) is 6.38. The molecule has 1 atom stereocenters. The number of hydrogen-bond donors (Lipinski definition) is 3. The number of nitrogens with one attached hydrogen (secondary N) is 3. The summed E-state index contributed by atoms with van der Waals surface area (Å²) in [5.74, 6) is 1.59. The molecule has 0 spiro atoms. The van der Waals surface area contributed by atoms with Gasteiger partial charge in [0.1, 0.15) is 16.8 Å². The van der Waals surface area contributed by atoms with Crippen molar-refractivity contribution in [2.24, 2.45) is 0 Å². The Labute approximate surface area is 237 Å². The van der Waals surface area contributed by atoms with Gasteiger partial charge in [0, 0.05) is 45.5 Å². The van der Waals surface area contributed by atoms with Crippen LogP contribution in [0.15, 0.2) is 17.0 Å². The molecule has 1 aliphatic heterocycles. The molecule has 2 heterocycles. The van der Waals surface area contributed by atoms with Gasteiger partial charge >= 0.3 is 0 Å². The Morgan fingerprint density at radius 1 is 1.05 bits per heavy atom. The lowest BCUT2D eigenvalue weighted by molar-refractivity contribution is 0.0934. The molecule has 1 aromatic heterocycles. The fraction of sp³-hybridized carbons (Fsp3) is 0.600. The molecule has 1 aliphatic carbocycles. The highest BCUT2D eigenvalue weighted by atomic mass is 35.5. The quantitative estimate of drug-likeness (QED) is 0.364. The fourth-order valence-electron chi connectivity index (χ4n) is 4.51. The van der Waals surface area contributed by atoms with Gasteiger partial charge in [-0.1, -0.05) is 48.5 Å². The van der Waals surface area contributed by atoms with Gasteiger partial charge in [0.2, 0.25) is 0 Å². The largest absolute Gasteiger partial charge is 0.366 e. The van der Waals surface area contributed by atoms with Crippen molar-refractivity contribution in [3.05, 3.63) is 27.2 Å². The molecule has 1 saturated carbocycles. The Balaban J connectivity index is 1.64. The van der Waals surface area contributed by atoms with E-state index in [0.29, 0.717) is 45.6 Å². The number of aromatic nitrogens is 1. The molecule has 2 fully saturated rings. The Morgan fingerprint density at radius 3 is 2.38 bits per heavy atom. The molecular formula is C25H34Cl2N4O3S3. The van der Waals surface area contributed by atoms with E-state index in [-0.39, 0.29) is 33.6 Å². The summed E-state index contributed by atoms with van der Waals surface area (Å²) < 4.78 is 27.6. The number of carbonyl (C=O) groups is 1. The topological polar surface area (TPSA) is 100 Å². The van der Waals surface area contributed by atoms with Crippen LogP contribution >= 0.6 is 34.5 Å². The zero-order valence-electron chi connectivity index (χ0n) is 21.3. The van der Waals surface area contributed by atoms with Gasteiger partial charge in [0.05, 0.1) is 19.8 Å². The predicted molar refractivity (Wildman–Crippen MR) is 156 cm³/mol. The number of thiazole rings is 1. The van der Waals surface area contributed by atoms with Crippen LogP contribution in [-0.2, 0) is 21.8 Å². The van der Waals surface area contributed by atoms with Crippen molar-refractivity contribution < 1.29 is 13.2 Å². The number of carbonyl (C=O) groups excluding carboxylic acids is 1. The van der Waals surface area contributed by atoms with Crippen molar-refractivity contribution in [2.75, 3.05) is 16.8 Å². The van der Waals surface area contributed by atoms with E-state index < -0.39 is 21.8 Å². The Morgan fingerprint density at radius 2 is 1.73 bits per heavy atom. The smallest absolute Gasteiger partial charge is 0.280 e. The minimum Gasteiger partial charge on any atom is -0.366 e. The summed E-state index contributed by atoms with van der Waals surface area (Å²) in [7, 11) is -2.33. The van der Waals surface area contributed by atoms with Crippen LogP contribution in [0.4, 0.5) is 5.82 Å². The number of rotatable bonds is 7. The van der Waals surface area contributed by atoms with Crippen LogP contribution in [0.25, 0.3) is 10.4 Å². The summed E-state index contributed by atoms with van der Waals surface area (Å²) in [4.78, 5) is 19.0. The highest BCUT2D eigenvalue weighted by Gasteiger charge is 2.27. The van der Waals surface area contributed by atoms with Crippen molar-refractivity contribution in [1.29, 1.82) is 0 Å². The van der Waals surface area contributed by atoms with Crippen LogP contribution in [0, 0.1) is 0 Å². The van der Waals surface area contributed by atoms with Gasteiger partial charge in [-0.25, -0.2) is 13.9 Å². The van der Waals surface area contributed by atoms with E-state index in [4.69, 9.17) is 28.2 Å². The molecule has 204 valence electrons. The normalized spacial score (nSPS) is 22.0. The van der Waals surface area contributed by atoms with Crippen LogP contribution in [0.1, 0.15) is 75.5 Å². The Bertz CT molecular complexity index is 1180. The summed E-state index contributed by atoms with van der Waals surface area (Å²) in [6, 6.07) is 3.78. The highest BCUT2D eigenvalue weighted by Crippen LogP contribution is 2.43. The van der Waals surface area contributed by atoms with Crippen molar-refractivity contribution in [2.45, 2.75) is 88.2 Å². The van der Waals surface area contributed by atoms with Crippen molar-refractivity contribution in [3.63, 3.8) is 0 Å². The van der Waals surface area contributed by atoms with Gasteiger partial charge in [-0.15, -0.1) is 11.3 Å². The number of nitrogens with zero attached hydrogens (tertiary/aromatic N) is 1. The monoisotopic (exact) mass is 604 g/mol. The van der Waals surface area contributed by atoms with E-state index in [0.717, 1.165) is 30.6 Å². The lowest BCUT2D eigenvalue weighted by atomic mass is 9.95. The fourth-order valence-corrected chi connectivity index (χ4v) is 8.64. The SMILES string of the molecule is CC(C)(C)NS(=O)c1ccc(-c2sc(C(=O)NC3CCS(=O)CC3)nc2NC2CCCCC2)c(Cl)c1Cl. The molecule has 0 bridgehead atoms. The number of amides is 1. The first-order valence-electron chi connectivity index (χ1n) is 12.6. The second-order valence-electron chi connectivity index (χ2n) is 10.6. The van der Waals surface area contributed by atoms with Crippen LogP contribution < -0.4 is 15.4 Å². The van der Waals surface area contributed by atoms with Gasteiger partial charge < -0.3 is 10.6 Å². The Hall–Kier alpha value is -1.04. The predicted octanol–water partition coefficient (Wildman–Crippen LogP) is 5.91. The molecule has 1 amide bonds. The third kappa shape index (κ3) is 7.54. The van der Waals surface area contributed by atoms with Gasteiger partial charge in [-0.05, 0) is 52.5 Å². The summed E-state index contributed by atoms with van der Waals surface area (Å²) in [6.45, 7) is 5.78. The average Bonchev–Trinajstić information content (AvgIpc) is 3.25. The van der Waals surface area contributed by atoms with Crippen LogP contribution in [0.2, 0.25) is 10.0 Å². The molecule has 2 aliphatic rings. The molecule has 1 saturated heterocycles. The minimum absolute atomic E-state index is 0.00471. The third-order valence-corrected chi connectivity index (χ3v) is 11.4. The van der Waals surface area contributed by atoms with Gasteiger partial charge in [-0.2, -0.15) is 0 Å². The maximum Gasteiger partial charge on any atom is 0.280 e. The number of hydrogen-bond acceptors (Lipinski definition) is 6. The maximum atomic E-state index is 13.1. The van der Waals surface area contributed by atoms with Crippen molar-refractivity contribution in [3.8, 4) is 10.4 Å². The molecule has 0 radical (unpaired) electrons. The molecule has 7 nitrogen and oxygen atoms in total. The van der Waals surface area contributed by atoms with E-state index in [1.807, 2.05) is 20.8 Å². The average molecular weight is 606 g/mol. The number of anilines is 1. The first-order chi connectivity index (χ1) is 17.5. The van der Waals surface area contributed by atoms with Crippen LogP contribution in [0.5, 0.6) is 0 Å². The zero-order chi connectivity index (χ0) is 26.7. The van der Waals surface area contributed by atoms with E-state index in [2.05, 4.69) is 15.4 Å². The van der Waals surface area contributed by atoms with E-state index in [1.165, 1.54) is 17.8 Å². The zero-order valence-corrected chi connectivity index (χ0v) is 25.3. The number of halogens is 2. The summed E-state index contributed by atoms with van der Waals surface area (Å²) in [5.41, 5.74) is 0.273. The van der Waals surface area contributed by atoms with Crippen molar-refractivity contribution in [1.82, 2.24) is 15.0 Å². The number of benzene rings is 1. The molecule has 1 unspecified atom stereocenters. The molecule has 37 heavy (non-hydrogen) atoms. The molecule has 3 N–H and O–H groups in total. The van der Waals surface area contributed by atoms with Crippen LogP contribution in [-0.4, -0.2) is 48.4 Å². The molecule has 1 aromatic carbocycles. The highest BCUT2D eigenvalue weighted by molar-refractivity contribution is 7.85. The molecule has 12 heteroatoms. The molecule has 2 aromatic rings. The van der Waals surface area contributed by atoms with E-state index >= 15 is 0 Å². The van der Waals surface area contributed by atoms with E-state index in [1.54, 1.807) is 12.1 Å². The first-order valence-corrected chi connectivity index (χ1v) is 16.8. The lowest BCUT2D eigenvalue weighted by Crippen LogP contribution is -2.39. The standard InChI is InChI=1S/C25H34Cl2N4O3S3/c1-25(2,3)31-37(34)18-10-9-17(19(26)20(18)27)21-22(28-15-7-5-4-6-8-15)30-24(35-21)23(32)29-16-11-13-36(33)14-12-16/h9-10,15-16,28,31H,4-8,11-14H2,1-3H3,(H,29,32). The summed E-state index contributed by atoms with van der Waals surface area (Å²) in [6.07, 6.45) is 7.03. The van der Waals surface area contributed by atoms with Gasteiger partial charge in [0.15, 0.2) is 5.01 Å². The molecule has 4 rings (SSSR count). The Kier molecular flexibility index (Phi) is 9.73. The van der Waals surface area contributed by atoms with Crippen LogP contribution in [0.3, 0.4) is 0 Å². The van der Waals surface area contributed by atoms with Gasteiger partial charge in [-0.3, -0.25) is 9.00 Å². The molecular weight excluding hydrogens is 571 g/mol. The second kappa shape index (κ2) is 12.4. The minimum atomic E-state index is -1.54. The maximum absolute atomic E-state index is 13.1. The second-order valence-corrected chi connectivity index (χ2v) is 15.3. The summed E-state index contributed by atoms with van der Waals surface area (Å²) >= 11 is 14.6. The first kappa shape index (κ1) is 29.0.